The average molecular weight is 381 g/mol. The van der Waals surface area contributed by atoms with E-state index < -0.39 is 11.7 Å². The molecule has 0 radical (unpaired) electrons. The molecule has 0 bridgehead atoms. The largest absolute Gasteiger partial charge is 0.417 e. The zero-order valence-corrected chi connectivity index (χ0v) is 15.8. The normalized spacial score (nSPS) is 25.4. The predicted octanol–water partition coefficient (Wildman–Crippen LogP) is 3.90. The first-order chi connectivity index (χ1) is 12.8. The standard InChI is InChI=1S/C20H26F3N3O/c1-14-11-25(12-15(2)27-14)13-16-5-7-26(8-6-16)18-4-3-17(10-24)19(9-18)20(21,22)23/h3-4,9,14-16H,5-8,11-13H2,1-2H3. The summed E-state index contributed by atoms with van der Waals surface area (Å²) in [7, 11) is 0. The third kappa shape index (κ3) is 4.94. The van der Waals surface area contributed by atoms with Gasteiger partial charge in [0.05, 0.1) is 29.4 Å². The minimum atomic E-state index is -4.51. The molecule has 0 aromatic heterocycles. The second kappa shape index (κ2) is 8.07. The third-order valence-electron chi connectivity index (χ3n) is 5.42. The Hall–Kier alpha value is -1.78. The van der Waals surface area contributed by atoms with E-state index in [-0.39, 0.29) is 17.8 Å². The van der Waals surface area contributed by atoms with Gasteiger partial charge in [-0.05, 0) is 50.8 Å². The van der Waals surface area contributed by atoms with Crippen molar-refractivity contribution in [2.45, 2.75) is 45.1 Å². The molecule has 2 heterocycles. The van der Waals surface area contributed by atoms with Crippen molar-refractivity contribution in [1.29, 1.82) is 5.26 Å². The summed E-state index contributed by atoms with van der Waals surface area (Å²) in [5.74, 6) is 0.555. The molecule has 2 fully saturated rings. The molecule has 0 amide bonds. The number of hydrogen-bond acceptors (Lipinski definition) is 4. The molecule has 2 aliphatic rings. The van der Waals surface area contributed by atoms with E-state index in [1.165, 1.54) is 6.07 Å². The summed E-state index contributed by atoms with van der Waals surface area (Å²) in [5, 5.41) is 8.93. The molecule has 1 aromatic rings. The third-order valence-corrected chi connectivity index (χ3v) is 5.42. The van der Waals surface area contributed by atoms with Crippen LogP contribution in [0.15, 0.2) is 18.2 Å². The van der Waals surface area contributed by atoms with E-state index in [0.29, 0.717) is 11.6 Å². The van der Waals surface area contributed by atoms with Crippen LogP contribution in [0.3, 0.4) is 0 Å². The van der Waals surface area contributed by atoms with Gasteiger partial charge in [0.1, 0.15) is 0 Å². The zero-order chi connectivity index (χ0) is 19.6. The minimum Gasteiger partial charge on any atom is -0.373 e. The number of nitrogens with zero attached hydrogens (tertiary/aromatic N) is 3. The fourth-order valence-corrected chi connectivity index (χ4v) is 4.23. The van der Waals surface area contributed by atoms with Crippen LogP contribution >= 0.6 is 0 Å². The van der Waals surface area contributed by atoms with Gasteiger partial charge in [-0.15, -0.1) is 0 Å². The molecule has 2 unspecified atom stereocenters. The van der Waals surface area contributed by atoms with Crippen LogP contribution in [0.25, 0.3) is 0 Å². The highest BCUT2D eigenvalue weighted by Crippen LogP contribution is 2.35. The molecule has 1 aromatic carbocycles. The lowest BCUT2D eigenvalue weighted by Gasteiger charge is -2.40. The fraction of sp³-hybridized carbons (Fsp3) is 0.650. The van der Waals surface area contributed by atoms with Gasteiger partial charge in [-0.25, -0.2) is 0 Å². The number of halogens is 3. The lowest BCUT2D eigenvalue weighted by atomic mass is 9.95. The van der Waals surface area contributed by atoms with Crippen molar-refractivity contribution in [2.75, 3.05) is 37.6 Å². The number of alkyl halides is 3. The molecule has 2 atom stereocenters. The van der Waals surface area contributed by atoms with Crippen molar-refractivity contribution < 1.29 is 17.9 Å². The lowest BCUT2D eigenvalue weighted by Crippen LogP contribution is -2.48. The number of piperidine rings is 1. The van der Waals surface area contributed by atoms with Gasteiger partial charge >= 0.3 is 6.18 Å². The molecule has 7 heteroatoms. The van der Waals surface area contributed by atoms with Crippen LogP contribution in [-0.2, 0) is 10.9 Å². The molecular weight excluding hydrogens is 355 g/mol. The van der Waals surface area contributed by atoms with Crippen LogP contribution in [0.1, 0.15) is 37.8 Å². The molecule has 148 valence electrons. The summed E-state index contributed by atoms with van der Waals surface area (Å²) >= 11 is 0. The fourth-order valence-electron chi connectivity index (χ4n) is 4.23. The van der Waals surface area contributed by atoms with Crippen LogP contribution in [-0.4, -0.2) is 49.8 Å². The van der Waals surface area contributed by atoms with Crippen LogP contribution in [0, 0.1) is 17.2 Å². The SMILES string of the molecule is CC1CN(CC2CCN(c3ccc(C#N)c(C(F)(F)F)c3)CC2)CC(C)O1. The Morgan fingerprint density at radius 2 is 1.78 bits per heavy atom. The highest BCUT2D eigenvalue weighted by atomic mass is 19.4. The van der Waals surface area contributed by atoms with Gasteiger partial charge in [-0.1, -0.05) is 0 Å². The van der Waals surface area contributed by atoms with Gasteiger partial charge in [0.15, 0.2) is 0 Å². The topological polar surface area (TPSA) is 39.5 Å². The van der Waals surface area contributed by atoms with Crippen molar-refractivity contribution >= 4 is 5.69 Å². The van der Waals surface area contributed by atoms with Crippen molar-refractivity contribution in [3.05, 3.63) is 29.3 Å². The maximum absolute atomic E-state index is 13.2. The molecule has 0 N–H and O–H groups in total. The van der Waals surface area contributed by atoms with Crippen molar-refractivity contribution in [2.24, 2.45) is 5.92 Å². The lowest BCUT2D eigenvalue weighted by molar-refractivity contribution is -0.137. The van der Waals surface area contributed by atoms with Crippen LogP contribution in [0.2, 0.25) is 0 Å². The monoisotopic (exact) mass is 381 g/mol. The summed E-state index contributed by atoms with van der Waals surface area (Å²) in [6.07, 6.45) is -2.10. The van der Waals surface area contributed by atoms with Gasteiger partial charge in [0.2, 0.25) is 0 Å². The van der Waals surface area contributed by atoms with Gasteiger partial charge in [0, 0.05) is 38.4 Å². The molecule has 0 spiro atoms. The van der Waals surface area contributed by atoms with Crippen LogP contribution in [0.4, 0.5) is 18.9 Å². The maximum atomic E-state index is 13.2. The summed E-state index contributed by atoms with van der Waals surface area (Å²) in [6, 6.07) is 5.66. The van der Waals surface area contributed by atoms with Crippen molar-refractivity contribution in [3.8, 4) is 6.07 Å². The van der Waals surface area contributed by atoms with E-state index in [1.807, 2.05) is 4.90 Å². The summed E-state index contributed by atoms with van der Waals surface area (Å²) in [6.45, 7) is 8.56. The number of rotatable bonds is 3. The van der Waals surface area contributed by atoms with Gasteiger partial charge in [-0.2, -0.15) is 18.4 Å². The molecule has 27 heavy (non-hydrogen) atoms. The highest BCUT2D eigenvalue weighted by Gasteiger charge is 2.34. The number of benzene rings is 1. The van der Waals surface area contributed by atoms with Crippen molar-refractivity contribution in [3.63, 3.8) is 0 Å². The highest BCUT2D eigenvalue weighted by molar-refractivity contribution is 5.55. The number of hydrogen-bond donors (Lipinski definition) is 0. The molecule has 2 saturated heterocycles. The van der Waals surface area contributed by atoms with E-state index >= 15 is 0 Å². The first-order valence-corrected chi connectivity index (χ1v) is 9.50. The zero-order valence-electron chi connectivity index (χ0n) is 15.8. The Morgan fingerprint density at radius 1 is 1.15 bits per heavy atom. The number of morpholine rings is 1. The molecule has 2 aliphatic heterocycles. The Bertz CT molecular complexity index is 683. The second-order valence-corrected chi connectivity index (χ2v) is 7.75. The van der Waals surface area contributed by atoms with Gasteiger partial charge in [0.25, 0.3) is 0 Å². The van der Waals surface area contributed by atoms with Crippen LogP contribution in [0.5, 0.6) is 0 Å². The van der Waals surface area contributed by atoms with Gasteiger partial charge in [-0.3, -0.25) is 4.90 Å². The van der Waals surface area contributed by atoms with Crippen LogP contribution < -0.4 is 4.90 Å². The van der Waals surface area contributed by atoms with E-state index in [1.54, 1.807) is 12.1 Å². The Morgan fingerprint density at radius 3 is 2.33 bits per heavy atom. The smallest absolute Gasteiger partial charge is 0.373 e. The second-order valence-electron chi connectivity index (χ2n) is 7.75. The Kier molecular flexibility index (Phi) is 5.97. The van der Waals surface area contributed by atoms with E-state index in [4.69, 9.17) is 10.00 Å². The Labute approximate surface area is 158 Å². The van der Waals surface area contributed by atoms with Crippen molar-refractivity contribution in [1.82, 2.24) is 4.90 Å². The number of ether oxygens (including phenoxy) is 1. The molecule has 0 aliphatic carbocycles. The Balaban J connectivity index is 1.60. The summed E-state index contributed by atoms with van der Waals surface area (Å²) < 4.78 is 45.3. The summed E-state index contributed by atoms with van der Waals surface area (Å²) in [5.41, 5.74) is -0.619. The maximum Gasteiger partial charge on any atom is 0.417 e. The molecule has 3 rings (SSSR count). The number of nitriles is 1. The number of anilines is 1. The minimum absolute atomic E-state index is 0.244. The van der Waals surface area contributed by atoms with Gasteiger partial charge < -0.3 is 9.64 Å². The first-order valence-electron chi connectivity index (χ1n) is 9.50. The summed E-state index contributed by atoms with van der Waals surface area (Å²) in [4.78, 5) is 4.44. The molecule has 0 saturated carbocycles. The van der Waals surface area contributed by atoms with E-state index in [2.05, 4.69) is 18.7 Å². The quantitative estimate of drug-likeness (QED) is 0.796. The predicted molar refractivity (Wildman–Crippen MR) is 97.5 cm³/mol. The van der Waals surface area contributed by atoms with E-state index in [0.717, 1.165) is 51.6 Å². The average Bonchev–Trinajstić information content (AvgIpc) is 2.60. The van der Waals surface area contributed by atoms with E-state index in [9.17, 15) is 13.2 Å². The molecule has 4 nitrogen and oxygen atoms in total. The molecular formula is C20H26F3N3O. The first kappa shape index (κ1) is 20.0.